The maximum absolute atomic E-state index is 12.3. The Hall–Kier alpha value is -2.34. The molecule has 1 amide bonds. The van der Waals surface area contributed by atoms with E-state index in [-0.39, 0.29) is 12.3 Å². The number of esters is 1. The van der Waals surface area contributed by atoms with Gasteiger partial charge in [-0.15, -0.1) is 0 Å². The third kappa shape index (κ3) is 3.59. The Bertz CT molecular complexity index is 743. The van der Waals surface area contributed by atoms with E-state index in [1.165, 1.54) is 0 Å². The van der Waals surface area contributed by atoms with Crippen LogP contribution >= 0.6 is 15.9 Å². The molecule has 0 saturated carbocycles. The molecule has 124 valence electrons. The second-order valence-electron chi connectivity index (χ2n) is 5.48. The van der Waals surface area contributed by atoms with Crippen LogP contribution in [0.3, 0.4) is 0 Å². The van der Waals surface area contributed by atoms with Gasteiger partial charge in [0.1, 0.15) is 11.5 Å². The van der Waals surface area contributed by atoms with Crippen LogP contribution < -0.4 is 14.4 Å². The van der Waals surface area contributed by atoms with Gasteiger partial charge >= 0.3 is 5.97 Å². The van der Waals surface area contributed by atoms with Crippen molar-refractivity contribution in [3.63, 3.8) is 0 Å². The van der Waals surface area contributed by atoms with Crippen molar-refractivity contribution >= 4 is 33.5 Å². The fourth-order valence-electron chi connectivity index (χ4n) is 2.58. The number of methoxy groups -OCH3 is 1. The summed E-state index contributed by atoms with van der Waals surface area (Å²) in [5.74, 6) is 0.188. The van der Waals surface area contributed by atoms with E-state index in [9.17, 15) is 9.59 Å². The number of amides is 1. The highest BCUT2D eigenvalue weighted by molar-refractivity contribution is 9.10. The third-order valence-corrected chi connectivity index (χ3v) is 4.40. The minimum absolute atomic E-state index is 0.0750. The molecule has 0 aromatic heterocycles. The van der Waals surface area contributed by atoms with Crippen LogP contribution in [-0.2, 0) is 9.59 Å². The largest absolute Gasteiger partial charge is 0.497 e. The predicted molar refractivity (Wildman–Crippen MR) is 93.2 cm³/mol. The van der Waals surface area contributed by atoms with Gasteiger partial charge in [0.15, 0.2) is 0 Å². The van der Waals surface area contributed by atoms with Gasteiger partial charge in [0.25, 0.3) is 0 Å². The van der Waals surface area contributed by atoms with Crippen LogP contribution in [-0.4, -0.2) is 25.5 Å². The Labute approximate surface area is 148 Å². The summed E-state index contributed by atoms with van der Waals surface area (Å²) < 4.78 is 11.4. The van der Waals surface area contributed by atoms with Crippen molar-refractivity contribution in [2.45, 2.75) is 6.42 Å². The Morgan fingerprint density at radius 1 is 1.08 bits per heavy atom. The number of hydrogen-bond acceptors (Lipinski definition) is 4. The summed E-state index contributed by atoms with van der Waals surface area (Å²) >= 11 is 3.37. The van der Waals surface area contributed by atoms with Gasteiger partial charge in [-0.25, -0.2) is 0 Å². The summed E-state index contributed by atoms with van der Waals surface area (Å²) in [7, 11) is 1.57. The van der Waals surface area contributed by atoms with E-state index in [4.69, 9.17) is 9.47 Å². The normalized spacial score (nSPS) is 17.0. The third-order valence-electron chi connectivity index (χ3n) is 3.87. The van der Waals surface area contributed by atoms with Crippen molar-refractivity contribution in [3.8, 4) is 11.5 Å². The maximum atomic E-state index is 12.3. The molecular weight excluding hydrogens is 374 g/mol. The van der Waals surface area contributed by atoms with Gasteiger partial charge in [0.2, 0.25) is 5.91 Å². The lowest BCUT2D eigenvalue weighted by Gasteiger charge is -2.16. The number of benzene rings is 2. The van der Waals surface area contributed by atoms with Gasteiger partial charge in [-0.2, -0.15) is 0 Å². The van der Waals surface area contributed by atoms with Crippen molar-refractivity contribution in [3.05, 3.63) is 53.0 Å². The molecule has 3 rings (SSSR count). The van der Waals surface area contributed by atoms with Crippen LogP contribution in [0.5, 0.6) is 11.5 Å². The Kier molecular flexibility index (Phi) is 4.85. The maximum Gasteiger partial charge on any atom is 0.316 e. The van der Waals surface area contributed by atoms with Gasteiger partial charge in [0, 0.05) is 23.1 Å². The average Bonchev–Trinajstić information content (AvgIpc) is 2.98. The second kappa shape index (κ2) is 7.05. The molecule has 0 bridgehead atoms. The smallest absolute Gasteiger partial charge is 0.316 e. The van der Waals surface area contributed by atoms with Crippen molar-refractivity contribution in [2.24, 2.45) is 5.92 Å². The van der Waals surface area contributed by atoms with Crippen molar-refractivity contribution < 1.29 is 19.1 Å². The van der Waals surface area contributed by atoms with Crippen molar-refractivity contribution in [1.82, 2.24) is 0 Å². The summed E-state index contributed by atoms with van der Waals surface area (Å²) in [6.07, 6.45) is 0.158. The van der Waals surface area contributed by atoms with Crippen LogP contribution in [0.4, 0.5) is 5.69 Å². The number of nitrogens with zero attached hydrogens (tertiary/aromatic N) is 1. The fraction of sp³-hybridized carbons (Fsp3) is 0.222. The summed E-state index contributed by atoms with van der Waals surface area (Å²) in [6, 6.07) is 14.2. The minimum Gasteiger partial charge on any atom is -0.497 e. The molecule has 1 fully saturated rings. The molecule has 0 unspecified atom stereocenters. The standard InChI is InChI=1S/C18H16BrNO4/c1-23-15-6-8-16(9-7-15)24-18(22)12-10-17(21)20(11-12)14-4-2-13(19)3-5-14/h2-9,12H,10-11H2,1H3/t12-/m0/s1. The van der Waals surface area contributed by atoms with Crippen LogP contribution in [0.2, 0.25) is 0 Å². The van der Waals surface area contributed by atoms with Gasteiger partial charge in [-0.1, -0.05) is 15.9 Å². The zero-order chi connectivity index (χ0) is 17.1. The molecular formula is C18H16BrNO4. The molecule has 2 aromatic carbocycles. The Morgan fingerprint density at radius 3 is 2.33 bits per heavy atom. The first-order valence-electron chi connectivity index (χ1n) is 7.48. The molecule has 0 aliphatic carbocycles. The first-order chi connectivity index (χ1) is 11.6. The average molecular weight is 390 g/mol. The molecule has 0 spiro atoms. The first-order valence-corrected chi connectivity index (χ1v) is 8.28. The summed E-state index contributed by atoms with van der Waals surface area (Å²) in [4.78, 5) is 26.1. The topological polar surface area (TPSA) is 55.8 Å². The Morgan fingerprint density at radius 2 is 1.71 bits per heavy atom. The Balaban J connectivity index is 1.66. The van der Waals surface area contributed by atoms with Crippen molar-refractivity contribution in [2.75, 3.05) is 18.6 Å². The summed E-state index contributed by atoms with van der Waals surface area (Å²) in [5.41, 5.74) is 0.781. The molecule has 5 nitrogen and oxygen atoms in total. The lowest BCUT2D eigenvalue weighted by molar-refractivity contribution is -0.139. The molecule has 1 aliphatic rings. The first kappa shape index (κ1) is 16.5. The highest BCUT2D eigenvalue weighted by Gasteiger charge is 2.36. The van der Waals surface area contributed by atoms with Gasteiger partial charge in [-0.05, 0) is 48.5 Å². The van der Waals surface area contributed by atoms with Crippen LogP contribution in [0.1, 0.15) is 6.42 Å². The van der Waals surface area contributed by atoms with Crippen molar-refractivity contribution in [1.29, 1.82) is 0 Å². The number of ether oxygens (including phenoxy) is 2. The molecule has 1 heterocycles. The number of anilines is 1. The van der Waals surface area contributed by atoms with Gasteiger partial charge in [-0.3, -0.25) is 9.59 Å². The van der Waals surface area contributed by atoms with Gasteiger partial charge < -0.3 is 14.4 Å². The van der Waals surface area contributed by atoms with E-state index >= 15 is 0 Å². The number of hydrogen-bond donors (Lipinski definition) is 0. The lowest BCUT2D eigenvalue weighted by atomic mass is 10.1. The molecule has 2 aromatic rings. The van der Waals surface area contributed by atoms with E-state index in [0.717, 1.165) is 10.2 Å². The number of carbonyl (C=O) groups is 2. The van der Waals surface area contributed by atoms with E-state index in [0.29, 0.717) is 18.0 Å². The molecule has 0 radical (unpaired) electrons. The number of rotatable bonds is 4. The molecule has 6 heteroatoms. The number of carbonyl (C=O) groups excluding carboxylic acids is 2. The van der Waals surface area contributed by atoms with E-state index < -0.39 is 11.9 Å². The fourth-order valence-corrected chi connectivity index (χ4v) is 2.84. The summed E-state index contributed by atoms with van der Waals surface area (Å²) in [6.45, 7) is 0.329. The second-order valence-corrected chi connectivity index (χ2v) is 6.39. The molecule has 1 aliphatic heterocycles. The number of halogens is 1. The van der Waals surface area contributed by atoms with Crippen LogP contribution in [0.15, 0.2) is 53.0 Å². The van der Waals surface area contributed by atoms with E-state index in [1.807, 2.05) is 24.3 Å². The molecule has 1 atom stereocenters. The lowest BCUT2D eigenvalue weighted by Crippen LogP contribution is -2.27. The molecule has 24 heavy (non-hydrogen) atoms. The molecule has 1 saturated heterocycles. The highest BCUT2D eigenvalue weighted by Crippen LogP contribution is 2.28. The zero-order valence-electron chi connectivity index (χ0n) is 13.1. The minimum atomic E-state index is -0.469. The molecule has 0 N–H and O–H groups in total. The van der Waals surface area contributed by atoms with E-state index in [1.54, 1.807) is 36.3 Å². The zero-order valence-corrected chi connectivity index (χ0v) is 14.7. The summed E-state index contributed by atoms with van der Waals surface area (Å²) in [5, 5.41) is 0. The monoisotopic (exact) mass is 389 g/mol. The highest BCUT2D eigenvalue weighted by atomic mass is 79.9. The quantitative estimate of drug-likeness (QED) is 0.593. The SMILES string of the molecule is COc1ccc(OC(=O)[C@H]2CC(=O)N(c3ccc(Br)cc3)C2)cc1. The van der Waals surface area contributed by atoms with Gasteiger partial charge in [0.05, 0.1) is 13.0 Å². The predicted octanol–water partition coefficient (Wildman–Crippen LogP) is 3.42. The van der Waals surface area contributed by atoms with E-state index in [2.05, 4.69) is 15.9 Å². The van der Waals surface area contributed by atoms with Crippen LogP contribution in [0, 0.1) is 5.92 Å². The van der Waals surface area contributed by atoms with Crippen LogP contribution in [0.25, 0.3) is 0 Å².